The van der Waals surface area contributed by atoms with Crippen molar-refractivity contribution in [3.05, 3.63) is 47.8 Å². The van der Waals surface area contributed by atoms with Gasteiger partial charge >= 0.3 is 5.97 Å². The van der Waals surface area contributed by atoms with Crippen molar-refractivity contribution in [1.82, 2.24) is 9.55 Å². The minimum Gasteiger partial charge on any atom is -0.478 e. The molecule has 0 aliphatic rings. The molecule has 21 heavy (non-hydrogen) atoms. The van der Waals surface area contributed by atoms with E-state index in [1.54, 1.807) is 23.9 Å². The molecule has 0 aliphatic heterocycles. The number of carbonyl (C=O) groups is 1. The molecular weight excluding hydrogens is 299 g/mol. The van der Waals surface area contributed by atoms with Crippen LogP contribution in [0.15, 0.2) is 35.5 Å². The number of hydrogen-bond donors (Lipinski definition) is 1. The second-order valence-electron chi connectivity index (χ2n) is 4.43. The molecule has 0 saturated heterocycles. The van der Waals surface area contributed by atoms with Gasteiger partial charge in [0.15, 0.2) is 9.84 Å². The Balaban J connectivity index is 2.26. The molecule has 0 bridgehead atoms. The zero-order valence-electron chi connectivity index (χ0n) is 11.2. The summed E-state index contributed by atoms with van der Waals surface area (Å²) in [7, 11) is -3.70. The zero-order valence-corrected chi connectivity index (χ0v) is 12.0. The molecule has 0 unspecified atom stereocenters. The molecule has 1 aromatic heterocycles. The van der Waals surface area contributed by atoms with Crippen molar-refractivity contribution in [2.24, 2.45) is 0 Å². The maximum atomic E-state index is 13.3. The summed E-state index contributed by atoms with van der Waals surface area (Å²) in [6.45, 7) is 1.93. The maximum Gasteiger partial charge on any atom is 0.338 e. The van der Waals surface area contributed by atoms with Gasteiger partial charge in [0.25, 0.3) is 0 Å². The van der Waals surface area contributed by atoms with Crippen LogP contribution in [-0.2, 0) is 16.4 Å². The molecule has 1 N–H and O–H groups in total. The van der Waals surface area contributed by atoms with Gasteiger partial charge in [-0.2, -0.15) is 0 Å². The lowest BCUT2D eigenvalue weighted by Crippen LogP contribution is -2.14. The molecule has 0 radical (unpaired) electrons. The zero-order chi connectivity index (χ0) is 15.6. The number of carboxylic acids is 1. The Morgan fingerprint density at radius 3 is 2.71 bits per heavy atom. The number of nitrogens with zero attached hydrogens (tertiary/aromatic N) is 2. The Bertz CT molecular complexity index is 783. The van der Waals surface area contributed by atoms with E-state index in [1.165, 1.54) is 0 Å². The van der Waals surface area contributed by atoms with Gasteiger partial charge in [-0.1, -0.05) is 0 Å². The van der Waals surface area contributed by atoms with E-state index in [0.29, 0.717) is 5.82 Å². The highest BCUT2D eigenvalue weighted by molar-refractivity contribution is 7.91. The Morgan fingerprint density at radius 2 is 2.14 bits per heavy atom. The van der Waals surface area contributed by atoms with Gasteiger partial charge in [-0.25, -0.2) is 22.6 Å². The number of halogens is 1. The average molecular weight is 312 g/mol. The second-order valence-corrected chi connectivity index (χ2v) is 6.54. The molecule has 0 fully saturated rings. The van der Waals surface area contributed by atoms with Crippen molar-refractivity contribution < 1.29 is 22.7 Å². The summed E-state index contributed by atoms with van der Waals surface area (Å²) in [4.78, 5) is 14.6. The number of hydrogen-bond acceptors (Lipinski definition) is 4. The van der Waals surface area contributed by atoms with Gasteiger partial charge in [0.05, 0.1) is 16.2 Å². The van der Waals surface area contributed by atoms with Crippen LogP contribution < -0.4 is 0 Å². The van der Waals surface area contributed by atoms with Gasteiger partial charge in [-0.05, 0) is 25.1 Å². The van der Waals surface area contributed by atoms with E-state index in [9.17, 15) is 17.6 Å². The topological polar surface area (TPSA) is 89.3 Å². The Labute approximate surface area is 120 Å². The van der Waals surface area contributed by atoms with Crippen LogP contribution in [0.3, 0.4) is 0 Å². The predicted molar refractivity (Wildman–Crippen MR) is 72.4 cm³/mol. The fourth-order valence-corrected chi connectivity index (χ4v) is 3.08. The molecule has 8 heteroatoms. The normalized spacial score (nSPS) is 11.5. The van der Waals surface area contributed by atoms with Gasteiger partial charge in [0.2, 0.25) is 0 Å². The highest BCUT2D eigenvalue weighted by Gasteiger charge is 2.19. The number of benzene rings is 1. The Hall–Kier alpha value is -2.22. The van der Waals surface area contributed by atoms with Gasteiger partial charge < -0.3 is 9.67 Å². The van der Waals surface area contributed by atoms with Gasteiger partial charge in [0, 0.05) is 18.9 Å². The lowest BCUT2D eigenvalue weighted by molar-refractivity contribution is 0.0691. The molecule has 112 valence electrons. The summed E-state index contributed by atoms with van der Waals surface area (Å²) in [5.74, 6) is -2.02. The molecule has 2 aromatic rings. The fraction of sp³-hybridized carbons (Fsp3) is 0.231. The number of aromatic nitrogens is 2. The molecule has 1 aromatic carbocycles. The molecule has 2 rings (SSSR count). The van der Waals surface area contributed by atoms with E-state index in [2.05, 4.69) is 4.98 Å². The lowest BCUT2D eigenvalue weighted by atomic mass is 10.2. The molecule has 0 atom stereocenters. The largest absolute Gasteiger partial charge is 0.478 e. The molecule has 0 saturated carbocycles. The molecule has 0 aliphatic carbocycles. The van der Waals surface area contributed by atoms with Crippen molar-refractivity contribution >= 4 is 15.8 Å². The maximum absolute atomic E-state index is 13.3. The number of imidazole rings is 1. The van der Waals surface area contributed by atoms with Crippen LogP contribution in [0.5, 0.6) is 0 Å². The fourth-order valence-electron chi connectivity index (χ4n) is 1.84. The molecule has 1 heterocycles. The van der Waals surface area contributed by atoms with Crippen LogP contribution in [0.25, 0.3) is 0 Å². The first-order valence-electron chi connectivity index (χ1n) is 6.04. The number of rotatable bonds is 5. The van der Waals surface area contributed by atoms with E-state index < -0.39 is 27.2 Å². The van der Waals surface area contributed by atoms with Crippen LogP contribution in [0.2, 0.25) is 0 Å². The van der Waals surface area contributed by atoms with Crippen LogP contribution in [0.1, 0.15) is 16.2 Å². The summed E-state index contributed by atoms with van der Waals surface area (Å²) in [5, 5.41) is 8.83. The van der Waals surface area contributed by atoms with E-state index in [0.717, 1.165) is 18.2 Å². The first kappa shape index (κ1) is 15.2. The highest BCUT2D eigenvalue weighted by atomic mass is 32.2. The van der Waals surface area contributed by atoms with Crippen molar-refractivity contribution in [1.29, 1.82) is 0 Å². The van der Waals surface area contributed by atoms with Crippen LogP contribution in [0.4, 0.5) is 4.39 Å². The quantitative estimate of drug-likeness (QED) is 0.845. The standard InChI is InChI=1S/C13H13FN2O4S/c1-9-15-4-5-16(9)6-7-21(19,20)10-2-3-12(14)11(8-10)13(17)18/h2-5,8H,6-7H2,1H3,(H,17,18). The molecule has 0 spiro atoms. The van der Waals surface area contributed by atoms with E-state index in [1.807, 2.05) is 0 Å². The molecular formula is C13H13FN2O4S. The van der Waals surface area contributed by atoms with Crippen molar-refractivity contribution in [3.63, 3.8) is 0 Å². The van der Waals surface area contributed by atoms with Crippen LogP contribution in [-0.4, -0.2) is 34.8 Å². The number of aromatic carboxylic acids is 1. The number of aryl methyl sites for hydroxylation is 2. The van der Waals surface area contributed by atoms with Crippen molar-refractivity contribution in [2.75, 3.05) is 5.75 Å². The van der Waals surface area contributed by atoms with Gasteiger partial charge in [0.1, 0.15) is 11.6 Å². The average Bonchev–Trinajstić information content (AvgIpc) is 2.82. The third kappa shape index (κ3) is 3.27. The summed E-state index contributed by atoms with van der Waals surface area (Å²) < 4.78 is 39.3. The predicted octanol–water partition coefficient (Wildman–Crippen LogP) is 1.50. The summed E-state index contributed by atoms with van der Waals surface area (Å²) in [6.07, 6.45) is 3.21. The molecule has 0 amide bonds. The Morgan fingerprint density at radius 1 is 1.43 bits per heavy atom. The van der Waals surface area contributed by atoms with Crippen molar-refractivity contribution in [2.45, 2.75) is 18.4 Å². The highest BCUT2D eigenvalue weighted by Crippen LogP contribution is 2.17. The lowest BCUT2D eigenvalue weighted by Gasteiger charge is -2.08. The van der Waals surface area contributed by atoms with E-state index >= 15 is 0 Å². The monoisotopic (exact) mass is 312 g/mol. The van der Waals surface area contributed by atoms with E-state index in [-0.39, 0.29) is 17.2 Å². The first-order chi connectivity index (χ1) is 9.81. The smallest absolute Gasteiger partial charge is 0.338 e. The van der Waals surface area contributed by atoms with Crippen LogP contribution >= 0.6 is 0 Å². The first-order valence-corrected chi connectivity index (χ1v) is 7.70. The summed E-state index contributed by atoms with van der Waals surface area (Å²) in [6, 6.07) is 2.75. The summed E-state index contributed by atoms with van der Waals surface area (Å²) in [5.41, 5.74) is -0.658. The van der Waals surface area contributed by atoms with E-state index in [4.69, 9.17) is 5.11 Å². The second kappa shape index (κ2) is 5.65. The van der Waals surface area contributed by atoms with Gasteiger partial charge in [-0.3, -0.25) is 0 Å². The number of carboxylic acid groups (broad SMARTS) is 1. The third-order valence-corrected chi connectivity index (χ3v) is 4.74. The van der Waals surface area contributed by atoms with Crippen molar-refractivity contribution in [3.8, 4) is 0 Å². The summed E-state index contributed by atoms with van der Waals surface area (Å²) >= 11 is 0. The van der Waals surface area contributed by atoms with Gasteiger partial charge in [-0.15, -0.1) is 0 Å². The Kier molecular flexibility index (Phi) is 4.08. The molecule has 6 nitrogen and oxygen atoms in total. The SMILES string of the molecule is Cc1nccn1CCS(=O)(=O)c1ccc(F)c(C(=O)O)c1. The van der Waals surface area contributed by atoms with Crippen LogP contribution in [0, 0.1) is 12.7 Å². The minimum atomic E-state index is -3.70. The minimum absolute atomic E-state index is 0.188. The third-order valence-electron chi connectivity index (χ3n) is 3.05. The number of sulfone groups is 1.